The molecule has 0 bridgehead atoms. The van der Waals surface area contributed by atoms with Gasteiger partial charge in [0.1, 0.15) is 0 Å². The van der Waals surface area contributed by atoms with Gasteiger partial charge in [-0.15, -0.1) is 0 Å². The largest absolute Gasteiger partial charge is 0.478 e. The lowest BCUT2D eigenvalue weighted by Crippen LogP contribution is -2.30. The van der Waals surface area contributed by atoms with E-state index in [0.717, 1.165) is 19.4 Å². The second kappa shape index (κ2) is 4.99. The molecule has 0 amide bonds. The zero-order valence-corrected chi connectivity index (χ0v) is 8.98. The van der Waals surface area contributed by atoms with Crippen LogP contribution < -0.4 is 5.32 Å². The number of ether oxygens (including phenoxy) is 1. The first-order valence-corrected chi connectivity index (χ1v) is 5.44. The Morgan fingerprint density at radius 2 is 2.25 bits per heavy atom. The third kappa shape index (κ3) is 2.52. The number of hydrogen-bond acceptors (Lipinski definition) is 3. The monoisotopic (exact) mass is 221 g/mol. The normalized spacial score (nSPS) is 20.4. The van der Waals surface area contributed by atoms with E-state index in [-0.39, 0.29) is 6.04 Å². The first-order valence-electron chi connectivity index (χ1n) is 5.44. The molecule has 4 heteroatoms. The maximum absolute atomic E-state index is 11.0. The summed E-state index contributed by atoms with van der Waals surface area (Å²) < 4.78 is 5.34. The minimum Gasteiger partial charge on any atom is -0.478 e. The highest BCUT2D eigenvalue weighted by molar-refractivity contribution is 5.94. The summed E-state index contributed by atoms with van der Waals surface area (Å²) in [5.74, 6) is -0.903. The van der Waals surface area contributed by atoms with E-state index in [9.17, 15) is 4.79 Å². The van der Waals surface area contributed by atoms with Crippen molar-refractivity contribution in [1.82, 2.24) is 0 Å². The Hall–Kier alpha value is -1.55. The molecule has 1 aliphatic rings. The van der Waals surface area contributed by atoms with E-state index in [1.807, 2.05) is 6.07 Å². The van der Waals surface area contributed by atoms with Crippen LogP contribution in [0.2, 0.25) is 0 Å². The maximum atomic E-state index is 11.0. The minimum absolute atomic E-state index is 0.217. The van der Waals surface area contributed by atoms with E-state index in [2.05, 4.69) is 5.32 Å². The average Bonchev–Trinajstić information content (AvgIpc) is 2.31. The molecule has 0 aliphatic carbocycles. The fraction of sp³-hybridized carbons (Fsp3) is 0.417. The van der Waals surface area contributed by atoms with Crippen LogP contribution in [0.3, 0.4) is 0 Å². The van der Waals surface area contributed by atoms with Crippen LogP contribution in [0.4, 0.5) is 5.69 Å². The molecule has 2 rings (SSSR count). The molecule has 2 N–H and O–H groups in total. The molecule has 0 radical (unpaired) electrons. The number of benzene rings is 1. The van der Waals surface area contributed by atoms with Gasteiger partial charge in [-0.25, -0.2) is 4.79 Å². The van der Waals surface area contributed by atoms with Crippen molar-refractivity contribution in [3.63, 3.8) is 0 Å². The van der Waals surface area contributed by atoms with Gasteiger partial charge in [-0.2, -0.15) is 0 Å². The van der Waals surface area contributed by atoms with E-state index in [1.54, 1.807) is 18.2 Å². The fourth-order valence-corrected chi connectivity index (χ4v) is 1.87. The van der Waals surface area contributed by atoms with Gasteiger partial charge in [-0.3, -0.25) is 0 Å². The summed E-state index contributed by atoms with van der Waals surface area (Å²) in [6.45, 7) is 1.45. The zero-order chi connectivity index (χ0) is 11.4. The maximum Gasteiger partial charge on any atom is 0.337 e. The van der Waals surface area contributed by atoms with Crippen LogP contribution in [-0.4, -0.2) is 30.3 Å². The summed E-state index contributed by atoms with van der Waals surface area (Å²) in [4.78, 5) is 11.0. The molecule has 16 heavy (non-hydrogen) atoms. The van der Waals surface area contributed by atoms with Gasteiger partial charge in [-0.1, -0.05) is 12.1 Å². The van der Waals surface area contributed by atoms with Gasteiger partial charge in [0.15, 0.2) is 0 Å². The molecule has 1 unspecified atom stereocenters. The first kappa shape index (κ1) is 11.0. The Morgan fingerprint density at radius 3 is 2.94 bits per heavy atom. The summed E-state index contributed by atoms with van der Waals surface area (Å²) in [5, 5.41) is 12.2. The predicted octanol–water partition coefficient (Wildman–Crippen LogP) is 1.98. The van der Waals surface area contributed by atoms with E-state index >= 15 is 0 Å². The minimum atomic E-state index is -0.903. The number of rotatable bonds is 3. The highest BCUT2D eigenvalue weighted by Gasteiger charge is 2.16. The molecule has 1 atom stereocenters. The lowest BCUT2D eigenvalue weighted by Gasteiger charge is -2.24. The Bertz CT molecular complexity index is 372. The van der Waals surface area contributed by atoms with Gasteiger partial charge in [0, 0.05) is 18.3 Å². The Balaban J connectivity index is 2.10. The third-order valence-electron chi connectivity index (χ3n) is 2.68. The second-order valence-corrected chi connectivity index (χ2v) is 3.91. The highest BCUT2D eigenvalue weighted by Crippen LogP contribution is 2.18. The van der Waals surface area contributed by atoms with Crippen LogP contribution in [-0.2, 0) is 4.74 Å². The summed E-state index contributed by atoms with van der Waals surface area (Å²) in [5.41, 5.74) is 0.985. The smallest absolute Gasteiger partial charge is 0.337 e. The van der Waals surface area contributed by atoms with Crippen LogP contribution >= 0.6 is 0 Å². The highest BCUT2D eigenvalue weighted by atomic mass is 16.5. The molecule has 1 aromatic rings. The van der Waals surface area contributed by atoms with E-state index in [1.165, 1.54) is 0 Å². The fourth-order valence-electron chi connectivity index (χ4n) is 1.87. The SMILES string of the molecule is O=C(O)c1ccccc1NC1CCCOC1. The van der Waals surface area contributed by atoms with Crippen molar-refractivity contribution >= 4 is 11.7 Å². The standard InChI is InChI=1S/C12H15NO3/c14-12(15)10-5-1-2-6-11(10)13-9-4-3-7-16-8-9/h1-2,5-6,9,13H,3-4,7-8H2,(H,14,15). The molecule has 4 nitrogen and oxygen atoms in total. The number of hydrogen-bond donors (Lipinski definition) is 2. The summed E-state index contributed by atoms with van der Waals surface area (Å²) >= 11 is 0. The Labute approximate surface area is 94.2 Å². The van der Waals surface area contributed by atoms with Crippen molar-refractivity contribution in [3.05, 3.63) is 29.8 Å². The van der Waals surface area contributed by atoms with Crippen molar-refractivity contribution in [2.24, 2.45) is 0 Å². The number of para-hydroxylation sites is 1. The number of carbonyl (C=O) groups is 1. The lowest BCUT2D eigenvalue weighted by molar-refractivity contribution is 0.0696. The molecule has 86 valence electrons. The molecule has 1 aromatic carbocycles. The van der Waals surface area contributed by atoms with Gasteiger partial charge in [0.2, 0.25) is 0 Å². The quantitative estimate of drug-likeness (QED) is 0.819. The average molecular weight is 221 g/mol. The topological polar surface area (TPSA) is 58.6 Å². The molecule has 1 aliphatic heterocycles. The Kier molecular flexibility index (Phi) is 3.41. The number of anilines is 1. The van der Waals surface area contributed by atoms with E-state index in [0.29, 0.717) is 17.9 Å². The molecule has 0 saturated carbocycles. The van der Waals surface area contributed by atoms with Crippen molar-refractivity contribution in [3.8, 4) is 0 Å². The molecule has 0 spiro atoms. The summed E-state index contributed by atoms with van der Waals surface area (Å²) in [6, 6.07) is 7.17. The molecule has 0 aromatic heterocycles. The number of aromatic carboxylic acids is 1. The lowest BCUT2D eigenvalue weighted by atomic mass is 10.1. The van der Waals surface area contributed by atoms with Gasteiger partial charge < -0.3 is 15.2 Å². The van der Waals surface area contributed by atoms with Crippen LogP contribution in [0.1, 0.15) is 23.2 Å². The predicted molar refractivity (Wildman–Crippen MR) is 60.9 cm³/mol. The number of carboxylic acid groups (broad SMARTS) is 1. The van der Waals surface area contributed by atoms with Gasteiger partial charge in [0.25, 0.3) is 0 Å². The number of carboxylic acids is 1. The van der Waals surface area contributed by atoms with Crippen LogP contribution in [0, 0.1) is 0 Å². The van der Waals surface area contributed by atoms with Gasteiger partial charge >= 0.3 is 5.97 Å². The van der Waals surface area contributed by atoms with Gasteiger partial charge in [-0.05, 0) is 25.0 Å². The van der Waals surface area contributed by atoms with Crippen molar-refractivity contribution < 1.29 is 14.6 Å². The molecule has 1 heterocycles. The van der Waals surface area contributed by atoms with Crippen LogP contribution in [0.15, 0.2) is 24.3 Å². The van der Waals surface area contributed by atoms with Crippen LogP contribution in [0.5, 0.6) is 0 Å². The zero-order valence-electron chi connectivity index (χ0n) is 8.98. The van der Waals surface area contributed by atoms with E-state index in [4.69, 9.17) is 9.84 Å². The van der Waals surface area contributed by atoms with Crippen molar-refractivity contribution in [2.75, 3.05) is 18.5 Å². The first-order chi connectivity index (χ1) is 7.77. The molecule has 1 saturated heterocycles. The molecule has 1 fully saturated rings. The number of nitrogens with one attached hydrogen (secondary N) is 1. The molecular formula is C12H15NO3. The van der Waals surface area contributed by atoms with E-state index < -0.39 is 5.97 Å². The summed E-state index contributed by atoms with van der Waals surface area (Å²) in [7, 11) is 0. The Morgan fingerprint density at radius 1 is 1.44 bits per heavy atom. The van der Waals surface area contributed by atoms with Crippen LogP contribution in [0.25, 0.3) is 0 Å². The summed E-state index contributed by atoms with van der Waals surface area (Å²) in [6.07, 6.45) is 2.04. The molecular weight excluding hydrogens is 206 g/mol. The second-order valence-electron chi connectivity index (χ2n) is 3.91. The van der Waals surface area contributed by atoms with Crippen molar-refractivity contribution in [2.45, 2.75) is 18.9 Å². The van der Waals surface area contributed by atoms with Crippen molar-refractivity contribution in [1.29, 1.82) is 0 Å². The van der Waals surface area contributed by atoms with Gasteiger partial charge in [0.05, 0.1) is 12.2 Å². The third-order valence-corrected chi connectivity index (χ3v) is 2.68.